The number of fused-ring (bicyclic) bond motifs is 2. The summed E-state index contributed by atoms with van der Waals surface area (Å²) in [7, 11) is 0. The van der Waals surface area contributed by atoms with E-state index in [4.69, 9.17) is 9.47 Å². The molecule has 6 rings (SSSR count). The van der Waals surface area contributed by atoms with Gasteiger partial charge in [-0.05, 0) is 64.6 Å². The third kappa shape index (κ3) is 3.69. The first kappa shape index (κ1) is 19.8. The highest BCUT2D eigenvalue weighted by atomic mass is 16.5. The predicted octanol–water partition coefficient (Wildman–Crippen LogP) is 5.90. The molecule has 1 fully saturated rings. The number of ether oxygens (including phenoxy) is 2. The minimum absolute atomic E-state index is 0.0960. The molecule has 33 heavy (non-hydrogen) atoms. The van der Waals surface area contributed by atoms with Crippen LogP contribution in [0, 0.1) is 11.3 Å². The van der Waals surface area contributed by atoms with Crippen molar-refractivity contribution in [3.63, 3.8) is 0 Å². The lowest BCUT2D eigenvalue weighted by molar-refractivity contribution is 0.0254. The quantitative estimate of drug-likeness (QED) is 0.435. The maximum atomic E-state index is 9.78. The molecule has 162 valence electrons. The van der Waals surface area contributed by atoms with Gasteiger partial charge in [-0.15, -0.1) is 0 Å². The summed E-state index contributed by atoms with van der Waals surface area (Å²) in [6.07, 6.45) is 8.98. The molecule has 0 bridgehead atoms. The van der Waals surface area contributed by atoms with Crippen LogP contribution >= 0.6 is 0 Å². The van der Waals surface area contributed by atoms with E-state index in [1.807, 2.05) is 30.5 Å². The highest BCUT2D eigenvalue weighted by Crippen LogP contribution is 2.35. The lowest BCUT2D eigenvalue weighted by Crippen LogP contribution is -2.26. The second kappa shape index (κ2) is 8.23. The van der Waals surface area contributed by atoms with Gasteiger partial charge < -0.3 is 14.5 Å². The summed E-state index contributed by atoms with van der Waals surface area (Å²) < 4.78 is 11.5. The highest BCUT2D eigenvalue weighted by Gasteiger charge is 2.18. The van der Waals surface area contributed by atoms with Crippen molar-refractivity contribution in [2.24, 2.45) is 0 Å². The van der Waals surface area contributed by atoms with Gasteiger partial charge in [-0.3, -0.25) is 0 Å². The van der Waals surface area contributed by atoms with Gasteiger partial charge in [0.25, 0.3) is 0 Å². The van der Waals surface area contributed by atoms with Crippen molar-refractivity contribution in [1.82, 2.24) is 9.97 Å². The number of aromatic amines is 1. The summed E-state index contributed by atoms with van der Waals surface area (Å²) in [5.41, 5.74) is 8.21. The zero-order chi connectivity index (χ0) is 22.2. The minimum Gasteiger partial charge on any atom is -0.489 e. The van der Waals surface area contributed by atoms with Crippen molar-refractivity contribution in [2.45, 2.75) is 25.4 Å². The van der Waals surface area contributed by atoms with Gasteiger partial charge in [-0.2, -0.15) is 5.26 Å². The van der Waals surface area contributed by atoms with Gasteiger partial charge in [-0.1, -0.05) is 30.4 Å². The Balaban J connectivity index is 1.36. The molecule has 0 amide bonds. The first-order valence-corrected chi connectivity index (χ1v) is 11.3. The van der Waals surface area contributed by atoms with Gasteiger partial charge in [0.2, 0.25) is 0 Å². The summed E-state index contributed by atoms with van der Waals surface area (Å²) in [6.45, 7) is 1.41. The van der Waals surface area contributed by atoms with Crippen molar-refractivity contribution in [1.29, 1.82) is 5.26 Å². The summed E-state index contributed by atoms with van der Waals surface area (Å²) in [5, 5.41) is 10.8. The van der Waals surface area contributed by atoms with Crippen molar-refractivity contribution < 1.29 is 9.47 Å². The predicted molar refractivity (Wildman–Crippen MR) is 129 cm³/mol. The molecule has 5 nitrogen and oxygen atoms in total. The number of benzene rings is 2. The largest absolute Gasteiger partial charge is 0.489 e. The van der Waals surface area contributed by atoms with E-state index < -0.39 is 0 Å². The lowest BCUT2D eigenvalue weighted by Gasteiger charge is -2.23. The van der Waals surface area contributed by atoms with E-state index in [0.717, 1.165) is 52.7 Å². The van der Waals surface area contributed by atoms with Crippen LogP contribution in [0.3, 0.4) is 0 Å². The van der Waals surface area contributed by atoms with Gasteiger partial charge in [0.05, 0.1) is 18.8 Å². The van der Waals surface area contributed by atoms with E-state index in [-0.39, 0.29) is 6.10 Å². The molecule has 4 aromatic rings. The molecule has 0 unspecified atom stereocenters. The highest BCUT2D eigenvalue weighted by molar-refractivity contribution is 5.96. The molecule has 0 atom stereocenters. The molecular formula is C28H23N3O2. The SMILES string of the molecule is N#Cc1cc(-c2ccnc3[nH]c(-c4ccc5c(c4)C=CC5)cc23)ccc1OC1CCOCC1. The number of hydrogen-bond donors (Lipinski definition) is 1. The fourth-order valence-electron chi connectivity index (χ4n) is 4.71. The molecule has 0 saturated carbocycles. The molecule has 2 aromatic carbocycles. The van der Waals surface area contributed by atoms with Crippen LogP contribution in [-0.2, 0) is 11.2 Å². The lowest BCUT2D eigenvalue weighted by atomic mass is 10.00. The molecule has 3 heterocycles. The van der Waals surface area contributed by atoms with Crippen LogP contribution in [-0.4, -0.2) is 29.3 Å². The fourth-order valence-corrected chi connectivity index (χ4v) is 4.71. The Bertz CT molecular complexity index is 1420. The normalized spacial score (nSPS) is 15.5. The molecule has 1 saturated heterocycles. The van der Waals surface area contributed by atoms with Crippen LogP contribution in [0.2, 0.25) is 0 Å². The van der Waals surface area contributed by atoms with Gasteiger partial charge >= 0.3 is 0 Å². The van der Waals surface area contributed by atoms with Crippen molar-refractivity contribution in [3.8, 4) is 34.2 Å². The Morgan fingerprint density at radius 1 is 1.03 bits per heavy atom. The zero-order valence-electron chi connectivity index (χ0n) is 18.2. The van der Waals surface area contributed by atoms with Gasteiger partial charge in [0, 0.05) is 30.1 Å². The average Bonchev–Trinajstić information content (AvgIpc) is 3.51. The Kier molecular flexibility index (Phi) is 4.93. The average molecular weight is 434 g/mol. The Labute approximate surface area is 192 Å². The fraction of sp³-hybridized carbons (Fsp3) is 0.214. The second-order valence-corrected chi connectivity index (χ2v) is 8.58. The van der Waals surface area contributed by atoms with Crippen LogP contribution in [0.25, 0.3) is 39.5 Å². The summed E-state index contributed by atoms with van der Waals surface area (Å²) in [5.74, 6) is 0.638. The Hall–Kier alpha value is -3.88. The monoisotopic (exact) mass is 433 g/mol. The molecule has 2 aliphatic rings. The topological polar surface area (TPSA) is 70.9 Å². The van der Waals surface area contributed by atoms with Crippen molar-refractivity contribution >= 4 is 17.1 Å². The molecular weight excluding hydrogens is 410 g/mol. The number of rotatable bonds is 4. The van der Waals surface area contributed by atoms with Crippen LogP contribution in [0.4, 0.5) is 0 Å². The third-order valence-corrected chi connectivity index (χ3v) is 6.50. The maximum absolute atomic E-state index is 9.78. The van der Waals surface area contributed by atoms with E-state index in [9.17, 15) is 5.26 Å². The molecule has 0 radical (unpaired) electrons. The number of nitrogens with one attached hydrogen (secondary N) is 1. The van der Waals surface area contributed by atoms with E-state index in [1.165, 1.54) is 11.1 Å². The molecule has 1 N–H and O–H groups in total. The standard InChI is InChI=1S/C28H23N3O2/c29-17-22-15-20(6-7-27(22)33-23-9-12-32-13-10-23)24-8-11-30-28-25(24)16-26(31-28)21-5-4-18-2-1-3-19(18)14-21/h1,3-8,11,14-16,23H,2,9-10,12-13H2,(H,30,31). The number of H-pyrrole nitrogens is 1. The van der Waals surface area contributed by atoms with E-state index in [1.54, 1.807) is 0 Å². The Morgan fingerprint density at radius 2 is 1.91 bits per heavy atom. The number of nitriles is 1. The summed E-state index contributed by atoms with van der Waals surface area (Å²) in [4.78, 5) is 8.02. The number of pyridine rings is 1. The van der Waals surface area contributed by atoms with Crippen molar-refractivity contribution in [3.05, 3.63) is 77.5 Å². The van der Waals surface area contributed by atoms with Crippen LogP contribution < -0.4 is 4.74 Å². The van der Waals surface area contributed by atoms with Gasteiger partial charge in [0.15, 0.2) is 0 Å². The van der Waals surface area contributed by atoms with Gasteiger partial charge in [0.1, 0.15) is 23.6 Å². The smallest absolute Gasteiger partial charge is 0.138 e. The van der Waals surface area contributed by atoms with E-state index in [2.05, 4.69) is 52.5 Å². The van der Waals surface area contributed by atoms with E-state index in [0.29, 0.717) is 24.5 Å². The number of nitrogens with zero attached hydrogens (tertiary/aromatic N) is 2. The molecule has 1 aliphatic carbocycles. The first-order chi connectivity index (χ1) is 16.3. The van der Waals surface area contributed by atoms with Crippen LogP contribution in [0.1, 0.15) is 29.5 Å². The number of allylic oxidation sites excluding steroid dienone is 1. The van der Waals surface area contributed by atoms with E-state index >= 15 is 0 Å². The second-order valence-electron chi connectivity index (χ2n) is 8.58. The van der Waals surface area contributed by atoms with Crippen molar-refractivity contribution in [2.75, 3.05) is 13.2 Å². The number of aromatic nitrogens is 2. The summed E-state index contributed by atoms with van der Waals surface area (Å²) >= 11 is 0. The Morgan fingerprint density at radius 3 is 2.79 bits per heavy atom. The van der Waals surface area contributed by atoms with Crippen LogP contribution in [0.15, 0.2) is 60.8 Å². The molecule has 5 heteroatoms. The summed E-state index contributed by atoms with van der Waals surface area (Å²) in [6, 6.07) is 18.9. The minimum atomic E-state index is 0.0960. The maximum Gasteiger partial charge on any atom is 0.138 e. The molecule has 0 spiro atoms. The zero-order valence-corrected chi connectivity index (χ0v) is 18.2. The third-order valence-electron chi connectivity index (χ3n) is 6.50. The van der Waals surface area contributed by atoms with Crippen LogP contribution in [0.5, 0.6) is 5.75 Å². The number of hydrogen-bond acceptors (Lipinski definition) is 4. The molecule has 2 aromatic heterocycles. The first-order valence-electron chi connectivity index (χ1n) is 11.3. The van der Waals surface area contributed by atoms with Gasteiger partial charge in [-0.25, -0.2) is 4.98 Å². The molecule has 1 aliphatic heterocycles.